The average Bonchev–Trinajstić information content (AvgIpc) is 3.17. The Morgan fingerprint density at radius 1 is 1.25 bits per heavy atom. The molecule has 1 saturated carbocycles. The van der Waals surface area contributed by atoms with Crippen molar-refractivity contribution >= 4 is 0 Å². The number of piperidine rings is 1. The standard InChI is InChI=1S/C21H37N5O2/c1-17(2)26-16-22-23-20(26)13-24-7-5-18-12-19(25-8-10-28-11-9-25)4-6-21(18,14-24)15-27-3/h16-19H,4-15H2,1-3H3/t18-,19-,21+/m0/s1. The predicted molar refractivity (Wildman–Crippen MR) is 108 cm³/mol. The Morgan fingerprint density at radius 3 is 2.82 bits per heavy atom. The summed E-state index contributed by atoms with van der Waals surface area (Å²) >= 11 is 0. The Kier molecular flexibility index (Phi) is 6.35. The van der Waals surface area contributed by atoms with Crippen LogP contribution in [-0.4, -0.2) is 83.7 Å². The molecule has 158 valence electrons. The van der Waals surface area contributed by atoms with Gasteiger partial charge in [0.05, 0.1) is 26.4 Å². The van der Waals surface area contributed by atoms with Gasteiger partial charge in [-0.15, -0.1) is 10.2 Å². The fourth-order valence-electron chi connectivity index (χ4n) is 5.79. The number of nitrogens with zero attached hydrogens (tertiary/aromatic N) is 5. The number of aromatic nitrogens is 3. The highest BCUT2D eigenvalue weighted by Crippen LogP contribution is 2.48. The van der Waals surface area contributed by atoms with Gasteiger partial charge in [0.15, 0.2) is 0 Å². The first-order valence-electron chi connectivity index (χ1n) is 11.0. The van der Waals surface area contributed by atoms with E-state index in [-0.39, 0.29) is 0 Å². The van der Waals surface area contributed by atoms with Crippen molar-refractivity contribution in [3.63, 3.8) is 0 Å². The van der Waals surface area contributed by atoms with Crippen LogP contribution in [-0.2, 0) is 16.0 Å². The quantitative estimate of drug-likeness (QED) is 0.741. The van der Waals surface area contributed by atoms with Crippen molar-refractivity contribution in [1.29, 1.82) is 0 Å². The minimum Gasteiger partial charge on any atom is -0.384 e. The zero-order valence-corrected chi connectivity index (χ0v) is 17.8. The van der Waals surface area contributed by atoms with Gasteiger partial charge in [0, 0.05) is 44.2 Å². The minimum atomic E-state index is 0.290. The molecule has 3 atom stereocenters. The van der Waals surface area contributed by atoms with Gasteiger partial charge < -0.3 is 14.0 Å². The summed E-state index contributed by atoms with van der Waals surface area (Å²) in [5.41, 5.74) is 0.290. The van der Waals surface area contributed by atoms with Crippen LogP contribution in [0.15, 0.2) is 6.33 Å². The Balaban J connectivity index is 1.43. The smallest absolute Gasteiger partial charge is 0.147 e. The van der Waals surface area contributed by atoms with Crippen LogP contribution in [0.1, 0.15) is 51.4 Å². The molecule has 0 aromatic carbocycles. The van der Waals surface area contributed by atoms with Gasteiger partial charge in [-0.3, -0.25) is 9.80 Å². The fourth-order valence-corrected chi connectivity index (χ4v) is 5.79. The van der Waals surface area contributed by atoms with Crippen LogP contribution < -0.4 is 0 Å². The van der Waals surface area contributed by atoms with Gasteiger partial charge in [-0.25, -0.2) is 0 Å². The van der Waals surface area contributed by atoms with Gasteiger partial charge in [-0.1, -0.05) is 0 Å². The van der Waals surface area contributed by atoms with Gasteiger partial charge in [-0.2, -0.15) is 0 Å². The second-order valence-corrected chi connectivity index (χ2v) is 9.32. The van der Waals surface area contributed by atoms with Crippen LogP contribution in [0.2, 0.25) is 0 Å². The molecule has 1 aromatic heterocycles. The van der Waals surface area contributed by atoms with Crippen LogP contribution in [0.4, 0.5) is 0 Å². The van der Waals surface area contributed by atoms with E-state index in [2.05, 4.69) is 38.4 Å². The van der Waals surface area contributed by atoms with Gasteiger partial charge in [0.25, 0.3) is 0 Å². The molecule has 0 bridgehead atoms. The van der Waals surface area contributed by atoms with Crippen LogP contribution in [0.5, 0.6) is 0 Å². The van der Waals surface area contributed by atoms with E-state index in [4.69, 9.17) is 9.47 Å². The Hall–Kier alpha value is -1.02. The molecule has 3 fully saturated rings. The molecule has 2 aliphatic heterocycles. The Bertz CT molecular complexity index is 630. The SMILES string of the molecule is COC[C@]12CC[C@H](N3CCOCC3)C[C@@H]1CCN(Cc1nncn1C(C)C)C2. The van der Waals surface area contributed by atoms with Gasteiger partial charge in [0.2, 0.25) is 0 Å². The van der Waals surface area contributed by atoms with E-state index in [9.17, 15) is 0 Å². The van der Waals surface area contributed by atoms with Crippen LogP contribution in [0.3, 0.4) is 0 Å². The molecule has 7 heteroatoms. The first-order chi connectivity index (χ1) is 13.6. The lowest BCUT2D eigenvalue weighted by molar-refractivity contribution is -0.0876. The number of methoxy groups -OCH3 is 1. The summed E-state index contributed by atoms with van der Waals surface area (Å²) in [6.07, 6.45) is 7.00. The molecule has 0 amide bonds. The maximum atomic E-state index is 5.77. The molecule has 28 heavy (non-hydrogen) atoms. The maximum absolute atomic E-state index is 5.77. The number of ether oxygens (including phenoxy) is 2. The second-order valence-electron chi connectivity index (χ2n) is 9.32. The molecule has 0 radical (unpaired) electrons. The molecule has 1 aromatic rings. The summed E-state index contributed by atoms with van der Waals surface area (Å²) in [5, 5.41) is 8.55. The van der Waals surface area contributed by atoms with E-state index in [1.165, 1.54) is 25.7 Å². The van der Waals surface area contributed by atoms with E-state index < -0.39 is 0 Å². The predicted octanol–water partition coefficient (Wildman–Crippen LogP) is 2.20. The van der Waals surface area contributed by atoms with Crippen molar-refractivity contribution in [2.24, 2.45) is 11.3 Å². The molecule has 3 aliphatic rings. The largest absolute Gasteiger partial charge is 0.384 e. The molecular formula is C21H37N5O2. The zero-order valence-electron chi connectivity index (χ0n) is 17.8. The summed E-state index contributed by atoms with van der Waals surface area (Å²) in [6, 6.07) is 1.13. The number of hydrogen-bond donors (Lipinski definition) is 0. The lowest BCUT2D eigenvalue weighted by atomic mass is 9.62. The summed E-state index contributed by atoms with van der Waals surface area (Å²) in [7, 11) is 1.87. The van der Waals surface area contributed by atoms with Crippen LogP contribution in [0, 0.1) is 11.3 Å². The summed E-state index contributed by atoms with van der Waals surface area (Å²) in [4.78, 5) is 5.27. The third-order valence-electron chi connectivity index (χ3n) is 7.29. The van der Waals surface area contributed by atoms with Crippen molar-refractivity contribution in [1.82, 2.24) is 24.6 Å². The highest BCUT2D eigenvalue weighted by Gasteiger charge is 2.48. The summed E-state index contributed by atoms with van der Waals surface area (Å²) in [6.45, 7) is 12.4. The first-order valence-corrected chi connectivity index (χ1v) is 11.0. The van der Waals surface area contributed by atoms with E-state index >= 15 is 0 Å². The highest BCUT2D eigenvalue weighted by atomic mass is 16.5. The van der Waals surface area contributed by atoms with Crippen molar-refractivity contribution < 1.29 is 9.47 Å². The number of morpholine rings is 1. The molecule has 2 saturated heterocycles. The van der Waals surface area contributed by atoms with Gasteiger partial charge >= 0.3 is 0 Å². The molecule has 0 N–H and O–H groups in total. The number of likely N-dealkylation sites (tertiary alicyclic amines) is 1. The zero-order chi connectivity index (χ0) is 19.6. The van der Waals surface area contributed by atoms with E-state index in [0.717, 1.165) is 70.3 Å². The third-order valence-corrected chi connectivity index (χ3v) is 7.29. The summed E-state index contributed by atoms with van der Waals surface area (Å²) in [5.74, 6) is 1.84. The molecule has 4 rings (SSSR count). The van der Waals surface area contributed by atoms with Gasteiger partial charge in [0.1, 0.15) is 12.2 Å². The van der Waals surface area contributed by atoms with E-state index in [1.807, 2.05) is 13.4 Å². The van der Waals surface area contributed by atoms with Crippen LogP contribution >= 0.6 is 0 Å². The first kappa shape index (κ1) is 20.3. The Labute approximate surface area is 169 Å². The molecule has 0 spiro atoms. The molecular weight excluding hydrogens is 354 g/mol. The third kappa shape index (κ3) is 4.13. The lowest BCUT2D eigenvalue weighted by Crippen LogP contribution is -2.57. The topological polar surface area (TPSA) is 55.7 Å². The monoisotopic (exact) mass is 391 g/mol. The fraction of sp³-hybridized carbons (Fsp3) is 0.905. The number of hydrogen-bond acceptors (Lipinski definition) is 6. The van der Waals surface area contributed by atoms with Gasteiger partial charge in [-0.05, 0) is 52.0 Å². The van der Waals surface area contributed by atoms with Crippen LogP contribution in [0.25, 0.3) is 0 Å². The number of rotatable bonds is 6. The average molecular weight is 392 g/mol. The summed E-state index contributed by atoms with van der Waals surface area (Å²) < 4.78 is 13.5. The van der Waals surface area contributed by atoms with Crippen molar-refractivity contribution in [2.45, 2.75) is 58.2 Å². The minimum absolute atomic E-state index is 0.290. The van der Waals surface area contributed by atoms with E-state index in [1.54, 1.807) is 0 Å². The van der Waals surface area contributed by atoms with E-state index in [0.29, 0.717) is 11.5 Å². The molecule has 3 heterocycles. The maximum Gasteiger partial charge on any atom is 0.147 e. The molecule has 1 aliphatic carbocycles. The van der Waals surface area contributed by atoms with Crippen molar-refractivity contribution in [3.8, 4) is 0 Å². The highest BCUT2D eigenvalue weighted by molar-refractivity contribution is 5.01. The lowest BCUT2D eigenvalue weighted by Gasteiger charge is -2.54. The Morgan fingerprint density at radius 2 is 2.07 bits per heavy atom. The molecule has 7 nitrogen and oxygen atoms in total. The normalized spacial score (nSPS) is 32.6. The van der Waals surface area contributed by atoms with Crippen molar-refractivity contribution in [3.05, 3.63) is 12.2 Å². The van der Waals surface area contributed by atoms with Crippen molar-refractivity contribution in [2.75, 3.05) is 53.1 Å². The number of fused-ring (bicyclic) bond motifs is 1. The molecule has 0 unspecified atom stereocenters. The second kappa shape index (κ2) is 8.78.